The van der Waals surface area contributed by atoms with Crippen LogP contribution in [-0.2, 0) is 8.85 Å². The molecule has 0 radical (unpaired) electrons. The van der Waals surface area contributed by atoms with Gasteiger partial charge in [-0.3, -0.25) is 0 Å². The van der Waals surface area contributed by atoms with Crippen LogP contribution in [0.15, 0.2) is 11.6 Å². The summed E-state index contributed by atoms with van der Waals surface area (Å²) in [5, 5.41) is 30.4. The van der Waals surface area contributed by atoms with E-state index in [1.165, 1.54) is 6.08 Å². The van der Waals surface area contributed by atoms with Crippen molar-refractivity contribution in [3.8, 4) is 6.07 Å². The van der Waals surface area contributed by atoms with E-state index in [1.54, 1.807) is 0 Å². The number of hydrogen-bond donors (Lipinski definition) is 2. The van der Waals surface area contributed by atoms with Crippen molar-refractivity contribution < 1.29 is 19.1 Å². The Kier molecular flexibility index (Phi) is 6.78. The zero-order valence-electron chi connectivity index (χ0n) is 18.0. The average molecular weight is 400 g/mol. The van der Waals surface area contributed by atoms with Gasteiger partial charge in [0.2, 0.25) is 0 Å². The smallest absolute Gasteiger partial charge is 0.193 e. The Morgan fingerprint density at radius 2 is 1.35 bits per heavy atom. The van der Waals surface area contributed by atoms with E-state index in [1.807, 2.05) is 0 Å². The monoisotopic (exact) mass is 399 g/mol. The van der Waals surface area contributed by atoms with Crippen LogP contribution in [0.1, 0.15) is 41.5 Å². The zero-order valence-corrected chi connectivity index (χ0v) is 20.0. The van der Waals surface area contributed by atoms with Crippen molar-refractivity contribution in [2.45, 2.75) is 102 Å². The van der Waals surface area contributed by atoms with Crippen molar-refractivity contribution in [3.63, 3.8) is 0 Å². The summed E-state index contributed by atoms with van der Waals surface area (Å²) in [5.41, 5.74) is 0.344. The van der Waals surface area contributed by atoms with Gasteiger partial charge in [0.25, 0.3) is 0 Å². The molecule has 0 aliphatic heterocycles. The first-order valence-corrected chi connectivity index (χ1v) is 15.1. The fraction of sp³-hybridized carbons (Fsp3) is 0.842. The third kappa shape index (κ3) is 4.86. The highest BCUT2D eigenvalue weighted by atomic mass is 28.4. The Bertz CT molecular complexity index is 582. The van der Waals surface area contributed by atoms with E-state index < -0.39 is 41.1 Å². The minimum atomic E-state index is -2.24. The highest BCUT2D eigenvalue weighted by Crippen LogP contribution is 2.43. The first-order valence-electron chi connectivity index (χ1n) is 9.28. The van der Waals surface area contributed by atoms with E-state index in [0.29, 0.717) is 5.57 Å². The molecule has 2 N–H and O–H groups in total. The third-order valence-electron chi connectivity index (χ3n) is 6.24. The largest absolute Gasteiger partial charge is 0.408 e. The van der Waals surface area contributed by atoms with Gasteiger partial charge < -0.3 is 19.1 Å². The van der Waals surface area contributed by atoms with E-state index in [9.17, 15) is 15.5 Å². The van der Waals surface area contributed by atoms with Crippen LogP contribution in [0.3, 0.4) is 0 Å². The van der Waals surface area contributed by atoms with Crippen molar-refractivity contribution in [2.75, 3.05) is 0 Å². The first-order chi connectivity index (χ1) is 11.4. The topological polar surface area (TPSA) is 82.7 Å². The molecule has 1 aliphatic rings. The van der Waals surface area contributed by atoms with Crippen molar-refractivity contribution in [1.29, 1.82) is 5.26 Å². The minimum Gasteiger partial charge on any atom is -0.408 e. The molecule has 0 saturated heterocycles. The summed E-state index contributed by atoms with van der Waals surface area (Å²) < 4.78 is 13.0. The standard InChI is InChI=1S/C19H37NO4Si2/c1-18(2,3)25(7,8)23-16-13(12-20)11-14(21)15(22)17(16)24-26(9,10)19(4,5)6/h11,14-17,21-22H,1-10H3/t14-,15-,16-,17+/m1/s1. The molecule has 0 bridgehead atoms. The van der Waals surface area contributed by atoms with E-state index in [4.69, 9.17) is 8.85 Å². The van der Waals surface area contributed by atoms with Crippen LogP contribution in [-0.4, -0.2) is 51.3 Å². The van der Waals surface area contributed by atoms with Gasteiger partial charge in [-0.25, -0.2) is 0 Å². The quantitative estimate of drug-likeness (QED) is 0.699. The molecular formula is C19H37NO4Si2. The average Bonchev–Trinajstić information content (AvgIpc) is 2.43. The van der Waals surface area contributed by atoms with Gasteiger partial charge in [0, 0.05) is 0 Å². The summed E-state index contributed by atoms with van der Waals surface area (Å²) in [6.07, 6.45) is -2.24. The number of nitriles is 1. The van der Waals surface area contributed by atoms with Crippen LogP contribution >= 0.6 is 0 Å². The predicted molar refractivity (Wildman–Crippen MR) is 110 cm³/mol. The van der Waals surface area contributed by atoms with Crippen LogP contribution in [0.25, 0.3) is 0 Å². The fourth-order valence-corrected chi connectivity index (χ4v) is 4.85. The van der Waals surface area contributed by atoms with Gasteiger partial charge in [-0.1, -0.05) is 41.5 Å². The maximum atomic E-state index is 10.7. The van der Waals surface area contributed by atoms with E-state index in [-0.39, 0.29) is 10.1 Å². The van der Waals surface area contributed by atoms with Crippen molar-refractivity contribution in [1.82, 2.24) is 0 Å². The molecular weight excluding hydrogens is 362 g/mol. The molecule has 0 unspecified atom stereocenters. The zero-order chi connectivity index (χ0) is 20.7. The highest BCUT2D eigenvalue weighted by Gasteiger charge is 2.50. The lowest BCUT2D eigenvalue weighted by molar-refractivity contribution is -0.0809. The van der Waals surface area contributed by atoms with Crippen molar-refractivity contribution in [3.05, 3.63) is 11.6 Å². The molecule has 0 spiro atoms. The molecule has 0 heterocycles. The predicted octanol–water partition coefficient (Wildman–Crippen LogP) is 3.95. The van der Waals surface area contributed by atoms with Gasteiger partial charge in [0.05, 0.1) is 11.6 Å². The highest BCUT2D eigenvalue weighted by molar-refractivity contribution is 6.74. The van der Waals surface area contributed by atoms with Gasteiger partial charge in [-0.15, -0.1) is 0 Å². The van der Waals surface area contributed by atoms with E-state index in [2.05, 4.69) is 73.8 Å². The van der Waals surface area contributed by atoms with Gasteiger partial charge in [0.1, 0.15) is 24.4 Å². The van der Waals surface area contributed by atoms with Crippen LogP contribution in [0, 0.1) is 11.3 Å². The normalized spacial score (nSPS) is 28.5. The fourth-order valence-electron chi connectivity index (χ4n) is 2.30. The summed E-state index contributed by atoms with van der Waals surface area (Å²) in [4.78, 5) is 0. The summed E-state index contributed by atoms with van der Waals surface area (Å²) in [6, 6.07) is 2.16. The number of nitrogens with zero attached hydrogens (tertiary/aromatic N) is 1. The molecule has 150 valence electrons. The van der Waals surface area contributed by atoms with Gasteiger partial charge in [-0.2, -0.15) is 5.26 Å². The Morgan fingerprint density at radius 3 is 1.73 bits per heavy atom. The SMILES string of the molecule is CC(C)(C)[Si](C)(C)O[C@H]1[C@H](O)[C@H](O)C=C(C#N)[C@H]1O[Si](C)(C)C(C)(C)C. The molecule has 1 rings (SSSR count). The maximum absolute atomic E-state index is 10.7. The van der Waals surface area contributed by atoms with E-state index in [0.717, 1.165) is 0 Å². The summed E-state index contributed by atoms with van der Waals surface area (Å²) in [7, 11) is -4.46. The molecule has 5 nitrogen and oxygen atoms in total. The van der Waals surface area contributed by atoms with Gasteiger partial charge in [-0.05, 0) is 42.3 Å². The van der Waals surface area contributed by atoms with Crippen LogP contribution < -0.4 is 0 Å². The lowest BCUT2D eigenvalue weighted by Crippen LogP contribution is -2.59. The summed E-state index contributed by atoms with van der Waals surface area (Å²) in [6.45, 7) is 21.2. The van der Waals surface area contributed by atoms with Crippen LogP contribution in [0.2, 0.25) is 36.3 Å². The van der Waals surface area contributed by atoms with Crippen LogP contribution in [0.5, 0.6) is 0 Å². The molecule has 0 aromatic rings. The molecule has 26 heavy (non-hydrogen) atoms. The van der Waals surface area contributed by atoms with Crippen molar-refractivity contribution in [2.24, 2.45) is 0 Å². The molecule has 1 aliphatic carbocycles. The van der Waals surface area contributed by atoms with Crippen LogP contribution in [0.4, 0.5) is 0 Å². The number of aliphatic hydroxyl groups is 2. The Hall–Kier alpha value is -0.496. The molecule has 0 saturated carbocycles. The number of hydrogen-bond acceptors (Lipinski definition) is 5. The molecule has 0 aromatic heterocycles. The lowest BCUT2D eigenvalue weighted by Gasteiger charge is -2.48. The number of aliphatic hydroxyl groups excluding tert-OH is 2. The van der Waals surface area contributed by atoms with Gasteiger partial charge >= 0.3 is 0 Å². The van der Waals surface area contributed by atoms with Gasteiger partial charge in [0.15, 0.2) is 16.6 Å². The lowest BCUT2D eigenvalue weighted by atomic mass is 9.90. The number of rotatable bonds is 4. The second-order valence-electron chi connectivity index (χ2n) is 10.4. The first kappa shape index (κ1) is 23.5. The summed E-state index contributed by atoms with van der Waals surface area (Å²) >= 11 is 0. The Morgan fingerprint density at radius 1 is 0.923 bits per heavy atom. The minimum absolute atomic E-state index is 0.0455. The summed E-state index contributed by atoms with van der Waals surface area (Å²) in [5.74, 6) is 0. The molecule has 4 atom stereocenters. The molecule has 7 heteroatoms. The van der Waals surface area contributed by atoms with Crippen molar-refractivity contribution >= 4 is 16.6 Å². The second-order valence-corrected chi connectivity index (χ2v) is 19.9. The second kappa shape index (κ2) is 7.49. The molecule has 0 aromatic carbocycles. The van der Waals surface area contributed by atoms with E-state index >= 15 is 0 Å². The molecule has 0 fully saturated rings. The maximum Gasteiger partial charge on any atom is 0.193 e. The third-order valence-corrected chi connectivity index (χ3v) is 15.2. The molecule has 0 amide bonds. The Labute approximate surface area is 161 Å². The Balaban J connectivity index is 3.34.